The number of pyridine rings is 1. The number of amides is 1. The number of nitrogens with one attached hydrogen (secondary N) is 1. The van der Waals surface area contributed by atoms with Crippen LogP contribution in [0.15, 0.2) is 24.4 Å². The Morgan fingerprint density at radius 3 is 2.94 bits per heavy atom. The first-order valence-corrected chi connectivity index (χ1v) is 6.08. The summed E-state index contributed by atoms with van der Waals surface area (Å²) in [5.74, 6) is 0.0882. The lowest BCUT2D eigenvalue weighted by Crippen LogP contribution is -2.42. The predicted molar refractivity (Wildman–Crippen MR) is 65.7 cm³/mol. The van der Waals surface area contributed by atoms with E-state index in [4.69, 9.17) is 4.74 Å². The van der Waals surface area contributed by atoms with Crippen LogP contribution < -0.4 is 5.32 Å². The second-order valence-electron chi connectivity index (χ2n) is 4.62. The Morgan fingerprint density at radius 1 is 1.61 bits per heavy atom. The molecule has 1 heterocycles. The summed E-state index contributed by atoms with van der Waals surface area (Å²) in [7, 11) is 1.49. The third-order valence-corrected chi connectivity index (χ3v) is 3.22. The number of aromatic nitrogens is 1. The van der Waals surface area contributed by atoms with Crippen LogP contribution in [-0.4, -0.2) is 35.8 Å². The van der Waals surface area contributed by atoms with Crippen molar-refractivity contribution in [3.63, 3.8) is 0 Å². The number of rotatable bonds is 5. The van der Waals surface area contributed by atoms with Crippen molar-refractivity contribution in [3.05, 3.63) is 30.1 Å². The Bertz CT molecular complexity index is 390. The molecule has 1 amide bonds. The molecule has 18 heavy (non-hydrogen) atoms. The molecule has 0 spiro atoms. The zero-order valence-electron chi connectivity index (χ0n) is 10.4. The van der Waals surface area contributed by atoms with Crippen molar-refractivity contribution in [1.29, 1.82) is 0 Å². The standard InChI is InChI=1S/C13H18N2O3/c1-18-8-12(17)15-13(9-6-10(16)7-9)11-4-2-3-5-14-11/h2-5,9-10,13,16H,6-8H2,1H3,(H,15,17)/t9?,10?,13-/m1/s1. The molecule has 1 aromatic rings. The van der Waals surface area contributed by atoms with Crippen LogP contribution in [0.3, 0.4) is 0 Å². The van der Waals surface area contributed by atoms with Gasteiger partial charge in [-0.1, -0.05) is 6.07 Å². The number of carbonyl (C=O) groups excluding carboxylic acids is 1. The highest BCUT2D eigenvalue weighted by molar-refractivity contribution is 5.77. The molecule has 1 saturated carbocycles. The fourth-order valence-corrected chi connectivity index (χ4v) is 2.24. The second kappa shape index (κ2) is 5.93. The summed E-state index contributed by atoms with van der Waals surface area (Å²) in [5, 5.41) is 12.3. The lowest BCUT2D eigenvalue weighted by atomic mass is 9.76. The van der Waals surface area contributed by atoms with Gasteiger partial charge in [0.05, 0.1) is 17.8 Å². The number of hydrogen-bond donors (Lipinski definition) is 2. The van der Waals surface area contributed by atoms with Gasteiger partial charge in [-0.05, 0) is 30.9 Å². The Hall–Kier alpha value is -1.46. The first-order valence-electron chi connectivity index (χ1n) is 6.08. The van der Waals surface area contributed by atoms with E-state index < -0.39 is 0 Å². The lowest BCUT2D eigenvalue weighted by molar-refractivity contribution is -0.126. The third-order valence-electron chi connectivity index (χ3n) is 3.22. The van der Waals surface area contributed by atoms with Gasteiger partial charge in [0.2, 0.25) is 5.91 Å². The number of methoxy groups -OCH3 is 1. The SMILES string of the molecule is COCC(=O)N[C@@H](c1ccccn1)C1CC(O)C1. The normalized spacial score (nSPS) is 24.1. The van der Waals surface area contributed by atoms with E-state index in [1.165, 1.54) is 7.11 Å². The number of carbonyl (C=O) groups is 1. The van der Waals surface area contributed by atoms with Crippen molar-refractivity contribution in [1.82, 2.24) is 10.3 Å². The Balaban J connectivity index is 2.06. The molecule has 0 radical (unpaired) electrons. The van der Waals surface area contributed by atoms with E-state index in [0.717, 1.165) is 5.69 Å². The zero-order chi connectivity index (χ0) is 13.0. The van der Waals surface area contributed by atoms with Gasteiger partial charge in [-0.15, -0.1) is 0 Å². The van der Waals surface area contributed by atoms with Crippen molar-refractivity contribution in [3.8, 4) is 0 Å². The highest BCUT2D eigenvalue weighted by atomic mass is 16.5. The van der Waals surface area contributed by atoms with Gasteiger partial charge < -0.3 is 15.2 Å². The number of nitrogens with zero attached hydrogens (tertiary/aromatic N) is 1. The van der Waals surface area contributed by atoms with Gasteiger partial charge in [0, 0.05) is 13.3 Å². The predicted octanol–water partition coefficient (Wildman–Crippen LogP) is 0.656. The van der Waals surface area contributed by atoms with E-state index in [0.29, 0.717) is 12.8 Å². The van der Waals surface area contributed by atoms with Gasteiger partial charge in [0.15, 0.2) is 0 Å². The average Bonchev–Trinajstić information content (AvgIpc) is 2.34. The molecule has 5 heteroatoms. The molecular formula is C13H18N2O3. The molecular weight excluding hydrogens is 232 g/mol. The van der Waals surface area contributed by atoms with Gasteiger partial charge in [-0.2, -0.15) is 0 Å². The Morgan fingerprint density at radius 2 is 2.39 bits per heavy atom. The molecule has 2 rings (SSSR count). The molecule has 0 aliphatic heterocycles. The van der Waals surface area contributed by atoms with Crippen LogP contribution >= 0.6 is 0 Å². The van der Waals surface area contributed by atoms with Gasteiger partial charge in [-0.3, -0.25) is 9.78 Å². The van der Waals surface area contributed by atoms with Crippen LogP contribution in [0.2, 0.25) is 0 Å². The van der Waals surface area contributed by atoms with Crippen LogP contribution in [0.25, 0.3) is 0 Å². The van der Waals surface area contributed by atoms with Crippen molar-refractivity contribution >= 4 is 5.91 Å². The molecule has 0 unspecified atom stereocenters. The largest absolute Gasteiger partial charge is 0.393 e. The molecule has 0 aromatic carbocycles. The van der Waals surface area contributed by atoms with Crippen LogP contribution in [0.4, 0.5) is 0 Å². The van der Waals surface area contributed by atoms with E-state index >= 15 is 0 Å². The second-order valence-corrected chi connectivity index (χ2v) is 4.62. The molecule has 98 valence electrons. The van der Waals surface area contributed by atoms with E-state index in [1.54, 1.807) is 6.20 Å². The van der Waals surface area contributed by atoms with E-state index in [2.05, 4.69) is 10.3 Å². The van der Waals surface area contributed by atoms with Crippen molar-refractivity contribution in [2.75, 3.05) is 13.7 Å². The topological polar surface area (TPSA) is 71.5 Å². The minimum Gasteiger partial charge on any atom is -0.393 e. The summed E-state index contributed by atoms with van der Waals surface area (Å²) >= 11 is 0. The summed E-state index contributed by atoms with van der Waals surface area (Å²) in [4.78, 5) is 15.9. The smallest absolute Gasteiger partial charge is 0.246 e. The van der Waals surface area contributed by atoms with Crippen molar-refractivity contribution in [2.24, 2.45) is 5.92 Å². The minimum absolute atomic E-state index is 0.0403. The highest BCUT2D eigenvalue weighted by Crippen LogP contribution is 2.37. The molecule has 1 aromatic heterocycles. The molecule has 1 aliphatic carbocycles. The maximum absolute atomic E-state index is 11.6. The molecule has 1 aliphatic rings. The summed E-state index contributed by atoms with van der Waals surface area (Å²) in [5.41, 5.74) is 0.832. The third kappa shape index (κ3) is 3.05. The van der Waals surface area contributed by atoms with E-state index in [-0.39, 0.29) is 30.6 Å². The van der Waals surface area contributed by atoms with Crippen LogP contribution in [0.1, 0.15) is 24.6 Å². The van der Waals surface area contributed by atoms with Crippen molar-refractivity contribution in [2.45, 2.75) is 25.0 Å². The monoisotopic (exact) mass is 250 g/mol. The number of ether oxygens (including phenoxy) is 1. The fraction of sp³-hybridized carbons (Fsp3) is 0.538. The summed E-state index contributed by atoms with van der Waals surface area (Å²) in [6.07, 6.45) is 2.86. The highest BCUT2D eigenvalue weighted by Gasteiger charge is 2.36. The van der Waals surface area contributed by atoms with Crippen molar-refractivity contribution < 1.29 is 14.6 Å². The Kier molecular flexibility index (Phi) is 4.28. The average molecular weight is 250 g/mol. The van der Waals surface area contributed by atoms with Crippen LogP contribution in [0, 0.1) is 5.92 Å². The van der Waals surface area contributed by atoms with Gasteiger partial charge in [-0.25, -0.2) is 0 Å². The van der Waals surface area contributed by atoms with Crippen LogP contribution in [0.5, 0.6) is 0 Å². The summed E-state index contributed by atoms with van der Waals surface area (Å²) in [6.45, 7) is 0.0403. The summed E-state index contributed by atoms with van der Waals surface area (Å²) < 4.78 is 4.81. The van der Waals surface area contributed by atoms with Crippen LogP contribution in [-0.2, 0) is 9.53 Å². The van der Waals surface area contributed by atoms with E-state index in [1.807, 2.05) is 18.2 Å². The maximum Gasteiger partial charge on any atom is 0.246 e. The molecule has 5 nitrogen and oxygen atoms in total. The van der Waals surface area contributed by atoms with Gasteiger partial charge >= 0.3 is 0 Å². The lowest BCUT2D eigenvalue weighted by Gasteiger charge is -2.37. The quantitative estimate of drug-likeness (QED) is 0.805. The molecule has 1 fully saturated rings. The number of aliphatic hydroxyl groups excluding tert-OH is 1. The van der Waals surface area contributed by atoms with Gasteiger partial charge in [0.25, 0.3) is 0 Å². The Labute approximate surface area is 106 Å². The summed E-state index contributed by atoms with van der Waals surface area (Å²) in [6, 6.07) is 5.49. The molecule has 0 bridgehead atoms. The number of hydrogen-bond acceptors (Lipinski definition) is 4. The van der Waals surface area contributed by atoms with E-state index in [9.17, 15) is 9.90 Å². The molecule has 2 N–H and O–H groups in total. The number of aliphatic hydroxyl groups is 1. The fourth-order valence-electron chi connectivity index (χ4n) is 2.24. The zero-order valence-corrected chi connectivity index (χ0v) is 10.4. The molecule has 1 atom stereocenters. The maximum atomic E-state index is 11.6. The van der Waals surface area contributed by atoms with Gasteiger partial charge in [0.1, 0.15) is 6.61 Å². The first kappa shape index (κ1) is 13.0. The first-order chi connectivity index (χ1) is 8.70. The molecule has 0 saturated heterocycles. The minimum atomic E-state index is -0.250.